The molecule has 2 fully saturated rings. The Morgan fingerprint density at radius 2 is 1.67 bits per heavy atom. The fourth-order valence-corrected chi connectivity index (χ4v) is 10.5. The molecule has 0 bridgehead atoms. The van der Waals surface area contributed by atoms with E-state index in [0.29, 0.717) is 0 Å². The molecule has 8 rings (SSSR count). The summed E-state index contributed by atoms with van der Waals surface area (Å²) in [6.07, 6.45) is -11.4. The van der Waals surface area contributed by atoms with Crippen molar-refractivity contribution >= 4 is 58.2 Å². The minimum Gasteiger partial charge on any atom is -0.394 e. The highest BCUT2D eigenvalue weighted by atomic mass is 35.5. The fourth-order valence-electron chi connectivity index (χ4n) is 9.40. The van der Waals surface area contributed by atoms with Crippen LogP contribution in [0.5, 0.6) is 0 Å². The van der Waals surface area contributed by atoms with Crippen molar-refractivity contribution in [2.24, 2.45) is 5.41 Å². The van der Waals surface area contributed by atoms with Crippen LogP contribution in [-0.4, -0.2) is 155 Å². The molecule has 21 nitrogen and oxygen atoms in total. The number of rotatable bonds is 19. The van der Waals surface area contributed by atoms with Crippen molar-refractivity contribution in [3.05, 3.63) is 116 Å². The molecule has 0 saturated carbocycles. The molecule has 6 aromatic rings. The van der Waals surface area contributed by atoms with Crippen LogP contribution in [0.1, 0.15) is 67.8 Å². The number of nitrogens with one attached hydrogen (secondary N) is 3. The van der Waals surface area contributed by atoms with Gasteiger partial charge in [0.1, 0.15) is 83.9 Å². The number of hydrogen-bond donors (Lipinski definition) is 6. The number of aliphatic hydroxyl groups is 3. The fraction of sp³-hybridized carbons (Fsp3) is 0.442. The number of hydrogen-bond acceptors (Lipinski definition) is 16. The second-order valence-corrected chi connectivity index (χ2v) is 22.0. The van der Waals surface area contributed by atoms with Gasteiger partial charge in [-0.25, -0.2) is 28.1 Å². The molecular weight excluding hydrogens is 1140 g/mol. The molecule has 3 aromatic heterocycles. The Hall–Kier alpha value is -6.56. The predicted molar refractivity (Wildman–Crippen MR) is 281 cm³/mol. The van der Waals surface area contributed by atoms with Gasteiger partial charge >= 0.3 is 6.18 Å². The number of likely N-dealkylation sites (tertiary alicyclic amines) is 1. The Morgan fingerprint density at radius 1 is 0.951 bits per heavy atom. The average molecular weight is 1190 g/mol. The standard InChI is InChI=1S/C52H56Cl2F5N11O10S/c1-25-46(81-24-62-25)28-8-6-27(7-9-28)18-61-49(76)37-17-31(72)19-68(37)50(77)47(51(3,4)5)64-40(74)22-78-13-12-60-39(73)23-79-44-42(69-20-35(65-67-69)29-14-33(55)41(54)34(56)15-29)43(75)38(21-71)80-45(44)48-63-26(2)66-70(48)36-16-30(53)10-11-32(36)52(57,58)59/h6-11,14-16,20,24,31,37-38,42-45,47,71-72,75H,12-13,17-19,21-23H2,1-5H3,(H,60,73)(H,61,76)(H,64,74)/t31-,37+,38-,42+,43+,44-,45-,47-/m1/s1. The zero-order valence-corrected chi connectivity index (χ0v) is 46.3. The van der Waals surface area contributed by atoms with Crippen molar-refractivity contribution in [1.82, 2.24) is 55.6 Å². The molecule has 0 radical (unpaired) electrons. The number of aliphatic hydroxyl groups excluding tert-OH is 3. The van der Waals surface area contributed by atoms with E-state index < -0.39 is 132 Å². The minimum atomic E-state index is -4.94. The van der Waals surface area contributed by atoms with E-state index in [0.717, 1.165) is 67.6 Å². The van der Waals surface area contributed by atoms with Crippen molar-refractivity contribution in [2.45, 2.75) is 102 Å². The molecule has 0 unspecified atom stereocenters. The number of benzene rings is 3. The predicted octanol–water partition coefficient (Wildman–Crippen LogP) is 5.23. The number of carbonyl (C=O) groups excluding carboxylic acids is 4. The maximum atomic E-state index is 14.6. The van der Waals surface area contributed by atoms with E-state index in [9.17, 15) is 56.4 Å². The Bertz CT molecular complexity index is 3230. The number of nitrogens with zero attached hydrogens (tertiary/aromatic N) is 8. The zero-order valence-electron chi connectivity index (χ0n) is 44.0. The number of β-amino-alcohol motifs (C(OH)–C–C–N with tert-alkyl or cyclic N) is 1. The number of ether oxygens (including phenoxy) is 3. The Labute approximate surface area is 473 Å². The van der Waals surface area contributed by atoms with Crippen LogP contribution in [0.3, 0.4) is 0 Å². The molecule has 2 aliphatic heterocycles. The largest absolute Gasteiger partial charge is 0.418 e. The van der Waals surface area contributed by atoms with Gasteiger partial charge in [-0.05, 0) is 60.7 Å². The van der Waals surface area contributed by atoms with Gasteiger partial charge in [0.05, 0.1) is 52.8 Å². The van der Waals surface area contributed by atoms with Gasteiger partial charge < -0.3 is 50.4 Å². The van der Waals surface area contributed by atoms with Crippen LogP contribution in [0.2, 0.25) is 10.0 Å². The van der Waals surface area contributed by atoms with Gasteiger partial charge in [-0.2, -0.15) is 18.3 Å². The van der Waals surface area contributed by atoms with Gasteiger partial charge in [0.2, 0.25) is 23.6 Å². The summed E-state index contributed by atoms with van der Waals surface area (Å²) in [7, 11) is 0. The van der Waals surface area contributed by atoms with Gasteiger partial charge in [-0.3, -0.25) is 19.2 Å². The zero-order chi connectivity index (χ0) is 58.7. The molecule has 2 saturated heterocycles. The van der Waals surface area contributed by atoms with Crippen LogP contribution in [0.4, 0.5) is 22.0 Å². The quantitative estimate of drug-likeness (QED) is 0.0344. The molecule has 81 heavy (non-hydrogen) atoms. The van der Waals surface area contributed by atoms with Gasteiger partial charge in [0.15, 0.2) is 5.82 Å². The van der Waals surface area contributed by atoms with E-state index in [1.165, 1.54) is 23.2 Å². The third-order valence-electron chi connectivity index (χ3n) is 13.4. The van der Waals surface area contributed by atoms with Crippen LogP contribution in [0, 0.1) is 30.9 Å². The van der Waals surface area contributed by atoms with E-state index in [1.54, 1.807) is 26.3 Å². The number of thiazole rings is 1. The maximum Gasteiger partial charge on any atom is 0.418 e. The number of aryl methyl sites for hydroxylation is 2. The molecular formula is C52H56Cl2F5N11O10S. The van der Waals surface area contributed by atoms with Crippen LogP contribution < -0.4 is 16.0 Å². The third kappa shape index (κ3) is 14.0. The second-order valence-electron chi connectivity index (χ2n) is 20.3. The second kappa shape index (κ2) is 25.3. The highest BCUT2D eigenvalue weighted by Gasteiger charge is 2.51. The molecule has 0 aliphatic carbocycles. The summed E-state index contributed by atoms with van der Waals surface area (Å²) in [4.78, 5) is 65.4. The van der Waals surface area contributed by atoms with Crippen molar-refractivity contribution in [1.29, 1.82) is 0 Å². The van der Waals surface area contributed by atoms with Gasteiger partial charge in [0.25, 0.3) is 0 Å². The van der Waals surface area contributed by atoms with Crippen LogP contribution in [-0.2, 0) is 46.1 Å². The lowest BCUT2D eigenvalue weighted by molar-refractivity contribution is -0.223. The van der Waals surface area contributed by atoms with Gasteiger partial charge in [0, 0.05) is 36.6 Å². The van der Waals surface area contributed by atoms with E-state index in [4.69, 9.17) is 37.4 Å². The monoisotopic (exact) mass is 1190 g/mol. The summed E-state index contributed by atoms with van der Waals surface area (Å²) in [5.74, 6) is -5.29. The molecule has 2 aliphatic rings. The first-order valence-corrected chi connectivity index (χ1v) is 26.8. The summed E-state index contributed by atoms with van der Waals surface area (Å²) >= 11 is 13.4. The van der Waals surface area contributed by atoms with Crippen molar-refractivity contribution < 1.29 is 70.7 Å². The van der Waals surface area contributed by atoms with E-state index >= 15 is 0 Å². The topological polar surface area (TPSA) is 270 Å². The highest BCUT2D eigenvalue weighted by molar-refractivity contribution is 7.13. The van der Waals surface area contributed by atoms with E-state index in [1.807, 2.05) is 31.2 Å². The Kier molecular flexibility index (Phi) is 18.9. The minimum absolute atomic E-state index is 0.0213. The molecule has 8 atom stereocenters. The first kappa shape index (κ1) is 60.5. The van der Waals surface area contributed by atoms with Gasteiger partial charge in [-0.1, -0.05) is 73.5 Å². The smallest absolute Gasteiger partial charge is 0.394 e. The average Bonchev–Trinajstić information content (AvgIpc) is 4.35. The molecule has 4 amide bonds. The van der Waals surface area contributed by atoms with E-state index in [2.05, 4.69) is 41.3 Å². The summed E-state index contributed by atoms with van der Waals surface area (Å²) < 4.78 is 92.2. The normalized spacial score (nSPS) is 20.8. The number of aromatic nitrogens is 7. The Morgan fingerprint density at radius 3 is 2.32 bits per heavy atom. The van der Waals surface area contributed by atoms with Crippen LogP contribution in [0.25, 0.3) is 27.4 Å². The summed E-state index contributed by atoms with van der Waals surface area (Å²) in [5.41, 5.74) is 1.54. The summed E-state index contributed by atoms with van der Waals surface area (Å²) in [6, 6.07) is 8.38. The van der Waals surface area contributed by atoms with Crippen molar-refractivity contribution in [2.75, 3.05) is 39.5 Å². The SMILES string of the molecule is Cc1nc([C@@H]2O[C@H](CO)[C@H](O)[C@H](n3cc(-c4cc(F)c(Cl)c(F)c4)nn3)[C@H]2OCC(=O)NCCOCC(=O)N[C@H](C(=O)N2C[C@H](O)C[C@H]2C(=O)NCc2ccc(-c3scnc3C)cc2)C(C)(C)C)n(-c2cc(Cl)ccc2C(F)(F)F)n1. The number of alkyl halides is 3. The summed E-state index contributed by atoms with van der Waals surface area (Å²) in [6.45, 7) is 5.67. The molecule has 434 valence electrons. The first-order chi connectivity index (χ1) is 38.3. The molecule has 0 spiro atoms. The first-order valence-electron chi connectivity index (χ1n) is 25.2. The highest BCUT2D eigenvalue weighted by Crippen LogP contribution is 2.43. The van der Waals surface area contributed by atoms with E-state index in [-0.39, 0.29) is 60.6 Å². The third-order valence-corrected chi connectivity index (χ3v) is 14.9. The lowest BCUT2D eigenvalue weighted by Gasteiger charge is -2.43. The molecule has 5 heterocycles. The lowest BCUT2D eigenvalue weighted by Crippen LogP contribution is -2.58. The maximum absolute atomic E-state index is 14.6. The molecule has 29 heteroatoms. The lowest BCUT2D eigenvalue weighted by atomic mass is 9.85. The van der Waals surface area contributed by atoms with Gasteiger partial charge in [-0.15, -0.1) is 16.4 Å². The molecule has 6 N–H and O–H groups in total. The Balaban J connectivity index is 0.920. The number of halogens is 7. The van der Waals surface area contributed by atoms with Crippen LogP contribution >= 0.6 is 34.5 Å². The molecule has 3 aromatic carbocycles. The number of amides is 4. The number of carbonyl (C=O) groups is 4. The van der Waals surface area contributed by atoms with Crippen molar-refractivity contribution in [3.63, 3.8) is 0 Å². The van der Waals surface area contributed by atoms with Crippen molar-refractivity contribution in [3.8, 4) is 27.4 Å². The van der Waals surface area contributed by atoms with Crippen LogP contribution in [0.15, 0.2) is 66.3 Å². The summed E-state index contributed by atoms with van der Waals surface area (Å²) in [5, 5.41) is 52.3.